The molecule has 0 saturated carbocycles. The molecule has 16 heavy (non-hydrogen) atoms. The maximum Gasteiger partial charge on any atom is 0.300 e. The van der Waals surface area contributed by atoms with E-state index in [1.165, 1.54) is 5.56 Å². The highest BCUT2D eigenvalue weighted by molar-refractivity contribution is 5.71. The summed E-state index contributed by atoms with van der Waals surface area (Å²) < 4.78 is 0. The van der Waals surface area contributed by atoms with E-state index in [2.05, 4.69) is 18.0 Å². The van der Waals surface area contributed by atoms with E-state index in [0.29, 0.717) is 0 Å². The van der Waals surface area contributed by atoms with Gasteiger partial charge >= 0.3 is 0 Å². The number of benzene rings is 1. The molecule has 0 aliphatic heterocycles. The summed E-state index contributed by atoms with van der Waals surface area (Å²) in [5.74, 6) is -1.17. The molecule has 0 spiro atoms. The molecular formula is C11H17N3O2. The highest BCUT2D eigenvalue weighted by atomic mass is 16.4. The van der Waals surface area contributed by atoms with Crippen molar-refractivity contribution in [2.45, 2.75) is 6.92 Å². The minimum absolute atomic E-state index is 0.333. The minimum Gasteiger partial charge on any atom is -0.481 e. The Kier molecular flexibility index (Phi) is 10.9. The monoisotopic (exact) mass is 223 g/mol. The fourth-order valence-corrected chi connectivity index (χ4v) is 0.589. The molecular weight excluding hydrogens is 206 g/mol. The van der Waals surface area contributed by atoms with Crippen LogP contribution in [0.3, 0.4) is 0 Å². The van der Waals surface area contributed by atoms with Crippen molar-refractivity contribution in [1.82, 2.24) is 0 Å². The lowest BCUT2D eigenvalue weighted by atomic mass is 10.2. The normalized spacial score (nSPS) is 7.31. The number of aliphatic carboxylic acids is 1. The average molecular weight is 223 g/mol. The molecule has 1 rings (SSSR count). The molecule has 0 saturated heterocycles. The first-order valence-electron chi connectivity index (χ1n) is 4.36. The Morgan fingerprint density at radius 3 is 1.88 bits per heavy atom. The Balaban J connectivity index is 0. The third kappa shape index (κ3) is 22.6. The zero-order valence-corrected chi connectivity index (χ0v) is 9.18. The third-order valence-electron chi connectivity index (χ3n) is 1.04. The quantitative estimate of drug-likeness (QED) is 0.424. The van der Waals surface area contributed by atoms with Crippen molar-refractivity contribution in [3.8, 4) is 0 Å². The number of carboxylic acids is 1. The van der Waals surface area contributed by atoms with Gasteiger partial charge in [-0.15, -0.1) is 0 Å². The maximum absolute atomic E-state index is 9.00. The van der Waals surface area contributed by atoms with Crippen LogP contribution in [0.4, 0.5) is 0 Å². The number of hydrogen-bond donors (Lipinski definition) is 4. The molecule has 0 atom stereocenters. The number of rotatable bonds is 1. The van der Waals surface area contributed by atoms with Gasteiger partial charge in [-0.2, -0.15) is 0 Å². The van der Waals surface area contributed by atoms with Crippen molar-refractivity contribution in [1.29, 1.82) is 5.41 Å². The lowest BCUT2D eigenvalue weighted by molar-refractivity contribution is -0.134. The van der Waals surface area contributed by atoms with Crippen molar-refractivity contribution in [3.63, 3.8) is 0 Å². The van der Waals surface area contributed by atoms with Crippen molar-refractivity contribution in [2.24, 2.45) is 11.5 Å². The second kappa shape index (κ2) is 10.8. The maximum atomic E-state index is 9.00. The van der Waals surface area contributed by atoms with Crippen LogP contribution in [0.25, 0.3) is 6.08 Å². The van der Waals surface area contributed by atoms with Gasteiger partial charge in [-0.25, -0.2) is 0 Å². The fraction of sp³-hybridized carbons (Fsp3) is 0.0909. The van der Waals surface area contributed by atoms with Crippen LogP contribution < -0.4 is 11.5 Å². The number of guanidine groups is 1. The summed E-state index contributed by atoms with van der Waals surface area (Å²) >= 11 is 0. The van der Waals surface area contributed by atoms with Gasteiger partial charge in [0, 0.05) is 6.92 Å². The van der Waals surface area contributed by atoms with E-state index in [4.69, 9.17) is 15.3 Å². The lowest BCUT2D eigenvalue weighted by Gasteiger charge is -1.85. The summed E-state index contributed by atoms with van der Waals surface area (Å²) in [5, 5.41) is 13.5. The first kappa shape index (κ1) is 16.1. The van der Waals surface area contributed by atoms with Crippen LogP contribution in [0.15, 0.2) is 36.9 Å². The molecule has 5 heteroatoms. The average Bonchev–Trinajstić information content (AvgIpc) is 2.17. The van der Waals surface area contributed by atoms with Gasteiger partial charge in [0.05, 0.1) is 0 Å². The zero-order chi connectivity index (χ0) is 13.0. The van der Waals surface area contributed by atoms with E-state index in [-0.39, 0.29) is 5.96 Å². The molecule has 88 valence electrons. The summed E-state index contributed by atoms with van der Waals surface area (Å²) in [4.78, 5) is 9.00. The zero-order valence-electron chi connectivity index (χ0n) is 9.18. The summed E-state index contributed by atoms with van der Waals surface area (Å²) in [5.41, 5.74) is 10.1. The van der Waals surface area contributed by atoms with Gasteiger partial charge in [0.1, 0.15) is 0 Å². The van der Waals surface area contributed by atoms with Crippen molar-refractivity contribution >= 4 is 18.0 Å². The molecule has 0 unspecified atom stereocenters. The Morgan fingerprint density at radius 2 is 1.69 bits per heavy atom. The van der Waals surface area contributed by atoms with E-state index < -0.39 is 5.97 Å². The summed E-state index contributed by atoms with van der Waals surface area (Å²) in [6.07, 6.45) is 1.83. The summed E-state index contributed by atoms with van der Waals surface area (Å²) in [6, 6.07) is 10.0. The third-order valence-corrected chi connectivity index (χ3v) is 1.04. The summed E-state index contributed by atoms with van der Waals surface area (Å²) in [7, 11) is 0. The van der Waals surface area contributed by atoms with Crippen molar-refractivity contribution in [3.05, 3.63) is 42.5 Å². The van der Waals surface area contributed by atoms with Crippen LogP contribution in [0, 0.1) is 5.41 Å². The van der Waals surface area contributed by atoms with Crippen molar-refractivity contribution in [2.75, 3.05) is 0 Å². The molecule has 0 bridgehead atoms. The van der Waals surface area contributed by atoms with Gasteiger partial charge in [-0.3, -0.25) is 10.2 Å². The predicted molar refractivity (Wildman–Crippen MR) is 65.9 cm³/mol. The summed E-state index contributed by atoms with van der Waals surface area (Å²) in [6.45, 7) is 4.71. The molecule has 1 aromatic carbocycles. The smallest absolute Gasteiger partial charge is 0.300 e. The Labute approximate surface area is 94.9 Å². The van der Waals surface area contributed by atoms with Crippen LogP contribution >= 0.6 is 0 Å². The highest BCUT2D eigenvalue weighted by Gasteiger charge is 1.75. The molecule has 0 aliphatic rings. The molecule has 0 amide bonds. The Morgan fingerprint density at radius 1 is 1.38 bits per heavy atom. The lowest BCUT2D eigenvalue weighted by Crippen LogP contribution is -2.20. The number of carboxylic acid groups (broad SMARTS) is 1. The molecule has 5 nitrogen and oxygen atoms in total. The SMILES string of the molecule is C=Cc1ccccc1.CC(=O)O.N=C(N)N. The fourth-order valence-electron chi connectivity index (χ4n) is 0.589. The van der Waals surface area contributed by atoms with E-state index in [0.717, 1.165) is 6.92 Å². The molecule has 6 N–H and O–H groups in total. The van der Waals surface area contributed by atoms with E-state index >= 15 is 0 Å². The molecule has 0 fully saturated rings. The Hall–Kier alpha value is -2.30. The van der Waals surface area contributed by atoms with Crippen LogP contribution in [0.5, 0.6) is 0 Å². The standard InChI is InChI=1S/C8H8.C2H4O2.CH5N3/c1-2-8-6-4-3-5-7-8;1-2(3)4;2-1(3)4/h2-7H,1H2;1H3,(H,3,4);(H5,2,3,4). The van der Waals surface area contributed by atoms with Gasteiger partial charge in [0.25, 0.3) is 5.97 Å². The number of nitrogens with two attached hydrogens (primary N) is 2. The van der Waals surface area contributed by atoms with Crippen LogP contribution in [-0.4, -0.2) is 17.0 Å². The number of hydrogen-bond acceptors (Lipinski definition) is 2. The van der Waals surface area contributed by atoms with E-state index in [9.17, 15) is 0 Å². The molecule has 0 aliphatic carbocycles. The molecule has 1 aromatic rings. The highest BCUT2D eigenvalue weighted by Crippen LogP contribution is 1.97. The van der Waals surface area contributed by atoms with Crippen LogP contribution in [0.2, 0.25) is 0 Å². The van der Waals surface area contributed by atoms with Gasteiger partial charge in [-0.1, -0.05) is 43.0 Å². The van der Waals surface area contributed by atoms with Crippen molar-refractivity contribution < 1.29 is 9.90 Å². The molecule has 0 aromatic heterocycles. The van der Waals surface area contributed by atoms with Crippen LogP contribution in [-0.2, 0) is 4.79 Å². The topological polar surface area (TPSA) is 113 Å². The van der Waals surface area contributed by atoms with Crippen LogP contribution in [0.1, 0.15) is 12.5 Å². The second-order valence-corrected chi connectivity index (χ2v) is 2.59. The number of nitrogens with one attached hydrogen (secondary N) is 1. The van der Waals surface area contributed by atoms with Gasteiger partial charge in [0.2, 0.25) is 0 Å². The molecule has 0 heterocycles. The Bertz CT molecular complexity index is 303. The van der Waals surface area contributed by atoms with E-state index in [1.54, 1.807) is 0 Å². The van der Waals surface area contributed by atoms with E-state index in [1.807, 2.05) is 36.4 Å². The van der Waals surface area contributed by atoms with Gasteiger partial charge in [0.15, 0.2) is 5.96 Å². The first-order valence-corrected chi connectivity index (χ1v) is 4.36. The predicted octanol–water partition coefficient (Wildman–Crippen LogP) is 1.26. The van der Waals surface area contributed by atoms with Gasteiger partial charge < -0.3 is 16.6 Å². The van der Waals surface area contributed by atoms with Gasteiger partial charge in [-0.05, 0) is 5.56 Å². The first-order chi connectivity index (χ1) is 7.40. The second-order valence-electron chi connectivity index (χ2n) is 2.59. The largest absolute Gasteiger partial charge is 0.481 e. The number of carbonyl (C=O) groups is 1. The molecule has 0 radical (unpaired) electrons. The minimum atomic E-state index is -0.833.